The third-order valence-corrected chi connectivity index (χ3v) is 5.96. The van der Waals surface area contributed by atoms with Gasteiger partial charge in [-0.25, -0.2) is 0 Å². The summed E-state index contributed by atoms with van der Waals surface area (Å²) in [5.74, 6) is 0.974. The van der Waals surface area contributed by atoms with E-state index in [-0.39, 0.29) is 0 Å². The van der Waals surface area contributed by atoms with Crippen molar-refractivity contribution < 1.29 is 4.74 Å². The lowest BCUT2D eigenvalue weighted by molar-refractivity contribution is 0.0532. The molecule has 0 N–H and O–H groups in total. The van der Waals surface area contributed by atoms with Gasteiger partial charge in [0.05, 0.1) is 6.10 Å². The first-order chi connectivity index (χ1) is 10.6. The quantitative estimate of drug-likeness (QED) is 0.666. The molecule has 0 aromatic carbocycles. The van der Waals surface area contributed by atoms with Gasteiger partial charge >= 0.3 is 0 Å². The zero-order chi connectivity index (χ0) is 15.9. The third-order valence-electron chi connectivity index (χ3n) is 5.96. The summed E-state index contributed by atoms with van der Waals surface area (Å²) in [7, 11) is 1.87. The molecular formula is C19H38N2O. The Kier molecular flexibility index (Phi) is 7.66. The van der Waals surface area contributed by atoms with E-state index in [9.17, 15) is 0 Å². The van der Waals surface area contributed by atoms with Gasteiger partial charge in [0.25, 0.3) is 0 Å². The van der Waals surface area contributed by atoms with E-state index in [1.54, 1.807) is 0 Å². The second-order valence-electron chi connectivity index (χ2n) is 7.85. The highest BCUT2D eigenvalue weighted by atomic mass is 16.5. The molecule has 1 heterocycles. The van der Waals surface area contributed by atoms with Crippen molar-refractivity contribution in [3.8, 4) is 0 Å². The molecule has 2 aliphatic rings. The number of unbranched alkanes of at least 4 members (excludes halogenated alkanes) is 1. The zero-order valence-electron chi connectivity index (χ0n) is 15.4. The summed E-state index contributed by atoms with van der Waals surface area (Å²) in [5, 5.41) is 0. The summed E-state index contributed by atoms with van der Waals surface area (Å²) in [4.78, 5) is 5.33. The summed E-state index contributed by atoms with van der Waals surface area (Å²) in [6.07, 6.45) is 10.1. The van der Waals surface area contributed by atoms with Crippen molar-refractivity contribution in [2.45, 2.75) is 83.9 Å². The van der Waals surface area contributed by atoms with Gasteiger partial charge in [0.1, 0.15) is 0 Å². The predicted octanol–water partition coefficient (Wildman–Crippen LogP) is 3.78. The maximum absolute atomic E-state index is 5.47. The predicted molar refractivity (Wildman–Crippen MR) is 94.4 cm³/mol. The molecule has 0 bridgehead atoms. The largest absolute Gasteiger partial charge is 0.381 e. The van der Waals surface area contributed by atoms with Crippen LogP contribution in [0.4, 0.5) is 0 Å². The minimum absolute atomic E-state index is 0.550. The molecule has 0 spiro atoms. The summed E-state index contributed by atoms with van der Waals surface area (Å²) in [6.45, 7) is 12.1. The van der Waals surface area contributed by atoms with Crippen LogP contribution in [0.15, 0.2) is 0 Å². The Bertz CT molecular complexity index is 300. The van der Waals surface area contributed by atoms with Crippen molar-refractivity contribution in [3.05, 3.63) is 0 Å². The van der Waals surface area contributed by atoms with Crippen LogP contribution in [0.2, 0.25) is 0 Å². The maximum Gasteiger partial charge on any atom is 0.0571 e. The average molecular weight is 311 g/mol. The molecule has 130 valence electrons. The summed E-state index contributed by atoms with van der Waals surface area (Å²) in [6, 6.07) is 1.43. The number of hydrogen-bond acceptors (Lipinski definition) is 3. The average Bonchev–Trinajstić information content (AvgIpc) is 2.53. The van der Waals surface area contributed by atoms with Crippen LogP contribution in [-0.4, -0.2) is 61.3 Å². The fraction of sp³-hybridized carbons (Fsp3) is 1.00. The molecule has 22 heavy (non-hydrogen) atoms. The van der Waals surface area contributed by atoms with Crippen LogP contribution in [0.1, 0.15) is 65.7 Å². The van der Waals surface area contributed by atoms with Crippen molar-refractivity contribution in [2.75, 3.05) is 33.3 Å². The van der Waals surface area contributed by atoms with Gasteiger partial charge in [-0.3, -0.25) is 9.80 Å². The van der Waals surface area contributed by atoms with Gasteiger partial charge in [-0.05, 0) is 65.3 Å². The lowest BCUT2D eigenvalue weighted by Crippen LogP contribution is -2.53. The lowest BCUT2D eigenvalue weighted by Gasteiger charge is -2.41. The molecule has 1 saturated heterocycles. The highest BCUT2D eigenvalue weighted by Gasteiger charge is 2.25. The Morgan fingerprint density at radius 2 is 1.77 bits per heavy atom. The van der Waals surface area contributed by atoms with Gasteiger partial charge < -0.3 is 4.74 Å². The van der Waals surface area contributed by atoms with E-state index >= 15 is 0 Å². The van der Waals surface area contributed by atoms with Gasteiger partial charge in [-0.2, -0.15) is 0 Å². The second kappa shape index (κ2) is 9.24. The van der Waals surface area contributed by atoms with Gasteiger partial charge in [0.2, 0.25) is 0 Å². The molecule has 3 nitrogen and oxygen atoms in total. The topological polar surface area (TPSA) is 15.7 Å². The fourth-order valence-corrected chi connectivity index (χ4v) is 4.23. The molecule has 1 saturated carbocycles. The molecule has 0 unspecified atom stereocenters. The molecule has 0 aromatic heterocycles. The highest BCUT2D eigenvalue weighted by molar-refractivity contribution is 4.81. The summed E-state index contributed by atoms with van der Waals surface area (Å²) in [5.41, 5.74) is 0. The van der Waals surface area contributed by atoms with Crippen LogP contribution < -0.4 is 0 Å². The first-order valence-corrected chi connectivity index (χ1v) is 9.61. The van der Waals surface area contributed by atoms with Gasteiger partial charge in [-0.1, -0.05) is 12.8 Å². The smallest absolute Gasteiger partial charge is 0.0571 e. The number of piperazine rings is 1. The molecule has 1 atom stereocenters. The Labute approximate surface area is 138 Å². The highest BCUT2D eigenvalue weighted by Crippen LogP contribution is 2.29. The molecular weight excluding hydrogens is 272 g/mol. The Morgan fingerprint density at radius 3 is 2.36 bits per heavy atom. The van der Waals surface area contributed by atoms with Crippen molar-refractivity contribution in [1.82, 2.24) is 9.80 Å². The minimum Gasteiger partial charge on any atom is -0.381 e. The SMILES string of the molecule is CO[C@H]1CC[C@H](CCCCN2CCN(C(C)C)C[C@H]2C)CC1. The number of hydrogen-bond donors (Lipinski definition) is 0. The van der Waals surface area contributed by atoms with Gasteiger partial charge in [-0.15, -0.1) is 0 Å². The van der Waals surface area contributed by atoms with E-state index < -0.39 is 0 Å². The first-order valence-electron chi connectivity index (χ1n) is 9.61. The van der Waals surface area contributed by atoms with E-state index in [0.717, 1.165) is 12.0 Å². The van der Waals surface area contributed by atoms with E-state index in [2.05, 4.69) is 30.6 Å². The van der Waals surface area contributed by atoms with E-state index in [1.807, 2.05) is 7.11 Å². The standard InChI is InChI=1S/C19H38N2O/c1-16(2)21-14-13-20(17(3)15-21)12-6-5-7-18-8-10-19(22-4)11-9-18/h16-19H,5-15H2,1-4H3/t17-,18-,19-/m1/s1. The third kappa shape index (κ3) is 5.50. The van der Waals surface area contributed by atoms with Gasteiger partial charge in [0.15, 0.2) is 0 Å². The van der Waals surface area contributed by atoms with Crippen molar-refractivity contribution in [3.63, 3.8) is 0 Å². The summed E-state index contributed by atoms with van der Waals surface area (Å²) >= 11 is 0. The van der Waals surface area contributed by atoms with E-state index in [4.69, 9.17) is 4.74 Å². The molecule has 2 fully saturated rings. The van der Waals surface area contributed by atoms with Gasteiger partial charge in [0, 0.05) is 38.8 Å². The van der Waals surface area contributed by atoms with E-state index in [1.165, 1.54) is 71.1 Å². The monoisotopic (exact) mass is 310 g/mol. The first kappa shape index (κ1) is 18.2. The van der Waals surface area contributed by atoms with E-state index in [0.29, 0.717) is 12.1 Å². The summed E-state index contributed by atoms with van der Waals surface area (Å²) < 4.78 is 5.47. The number of ether oxygens (including phenoxy) is 1. The second-order valence-corrected chi connectivity index (χ2v) is 7.85. The molecule has 3 heteroatoms. The molecule has 0 aromatic rings. The Balaban J connectivity index is 1.56. The van der Waals surface area contributed by atoms with Crippen LogP contribution in [0.25, 0.3) is 0 Å². The molecule has 2 rings (SSSR count). The van der Waals surface area contributed by atoms with Crippen molar-refractivity contribution >= 4 is 0 Å². The lowest BCUT2D eigenvalue weighted by atomic mass is 9.84. The van der Waals surface area contributed by atoms with Crippen LogP contribution in [0.5, 0.6) is 0 Å². The molecule has 1 aliphatic heterocycles. The van der Waals surface area contributed by atoms with Crippen LogP contribution >= 0.6 is 0 Å². The van der Waals surface area contributed by atoms with Crippen molar-refractivity contribution in [2.24, 2.45) is 5.92 Å². The normalized spacial score (nSPS) is 31.8. The van der Waals surface area contributed by atoms with Crippen molar-refractivity contribution in [1.29, 1.82) is 0 Å². The Morgan fingerprint density at radius 1 is 1.05 bits per heavy atom. The number of rotatable bonds is 7. The number of methoxy groups -OCH3 is 1. The molecule has 0 amide bonds. The maximum atomic E-state index is 5.47. The van der Waals surface area contributed by atoms with Crippen LogP contribution in [-0.2, 0) is 4.74 Å². The Hall–Kier alpha value is -0.120. The molecule has 0 radical (unpaired) electrons. The van der Waals surface area contributed by atoms with Crippen LogP contribution in [0, 0.1) is 5.92 Å². The molecule has 1 aliphatic carbocycles. The fourth-order valence-electron chi connectivity index (χ4n) is 4.23. The van der Waals surface area contributed by atoms with Crippen LogP contribution in [0.3, 0.4) is 0 Å². The number of nitrogens with zero attached hydrogens (tertiary/aromatic N) is 2. The minimum atomic E-state index is 0.550. The zero-order valence-corrected chi connectivity index (χ0v) is 15.4.